The van der Waals surface area contributed by atoms with Crippen LogP contribution in [0.4, 0.5) is 11.8 Å². The maximum atomic E-state index is 9.14. The lowest BCUT2D eigenvalue weighted by atomic mass is 10.0. The lowest BCUT2D eigenvalue weighted by Gasteiger charge is -2.14. The third-order valence-corrected chi connectivity index (χ3v) is 4.65. The van der Waals surface area contributed by atoms with Crippen molar-refractivity contribution in [1.82, 2.24) is 9.97 Å². The van der Waals surface area contributed by atoms with Crippen molar-refractivity contribution in [3.63, 3.8) is 0 Å². The van der Waals surface area contributed by atoms with Crippen molar-refractivity contribution in [2.24, 2.45) is 0 Å². The van der Waals surface area contributed by atoms with Crippen molar-refractivity contribution in [1.29, 1.82) is 0 Å². The van der Waals surface area contributed by atoms with Crippen LogP contribution in [0, 0.1) is 0 Å². The van der Waals surface area contributed by atoms with E-state index in [1.807, 2.05) is 42.5 Å². The molecule has 0 spiro atoms. The van der Waals surface area contributed by atoms with E-state index in [1.54, 1.807) is 7.11 Å². The highest BCUT2D eigenvalue weighted by molar-refractivity contribution is 5.90. The molecule has 0 radical (unpaired) electrons. The van der Waals surface area contributed by atoms with Crippen molar-refractivity contribution in [2.45, 2.75) is 6.54 Å². The van der Waals surface area contributed by atoms with Gasteiger partial charge in [0.1, 0.15) is 11.6 Å². The van der Waals surface area contributed by atoms with Crippen LogP contribution in [0.25, 0.3) is 21.7 Å². The van der Waals surface area contributed by atoms with Crippen LogP contribution < -0.4 is 15.4 Å². The monoisotopic (exact) mass is 374 g/mol. The van der Waals surface area contributed by atoms with Gasteiger partial charge < -0.3 is 20.5 Å². The van der Waals surface area contributed by atoms with Gasteiger partial charge in [0.2, 0.25) is 5.95 Å². The smallest absolute Gasteiger partial charge is 0.225 e. The molecule has 1 heterocycles. The predicted octanol–water partition coefficient (Wildman–Crippen LogP) is 3.81. The van der Waals surface area contributed by atoms with Crippen LogP contribution in [0.2, 0.25) is 0 Å². The molecule has 4 aromatic rings. The SMILES string of the molecule is COc1ccc2ccccc2c1CNc1nc(NCCO)c2ccccc2n1. The number of fused-ring (bicyclic) bond motifs is 2. The van der Waals surface area contributed by atoms with E-state index in [1.165, 1.54) is 0 Å². The minimum Gasteiger partial charge on any atom is -0.496 e. The molecule has 28 heavy (non-hydrogen) atoms. The fraction of sp³-hybridized carbons (Fsp3) is 0.182. The Hall–Kier alpha value is -3.38. The number of ether oxygens (including phenoxy) is 1. The highest BCUT2D eigenvalue weighted by Gasteiger charge is 2.11. The molecule has 0 atom stereocenters. The lowest BCUT2D eigenvalue weighted by molar-refractivity contribution is 0.311. The van der Waals surface area contributed by atoms with Crippen LogP contribution in [0.15, 0.2) is 60.7 Å². The molecular weight excluding hydrogens is 352 g/mol. The van der Waals surface area contributed by atoms with Crippen LogP contribution in [0.1, 0.15) is 5.56 Å². The average molecular weight is 374 g/mol. The van der Waals surface area contributed by atoms with E-state index < -0.39 is 0 Å². The Morgan fingerprint density at radius 2 is 1.68 bits per heavy atom. The Balaban J connectivity index is 1.69. The largest absolute Gasteiger partial charge is 0.496 e. The Bertz CT molecular complexity index is 1110. The Labute approximate surface area is 163 Å². The molecule has 3 N–H and O–H groups in total. The molecule has 0 unspecified atom stereocenters. The molecule has 6 heteroatoms. The van der Waals surface area contributed by atoms with Crippen molar-refractivity contribution in [2.75, 3.05) is 30.9 Å². The van der Waals surface area contributed by atoms with Gasteiger partial charge in [0.15, 0.2) is 0 Å². The topological polar surface area (TPSA) is 79.3 Å². The number of aromatic nitrogens is 2. The van der Waals surface area contributed by atoms with E-state index in [0.717, 1.165) is 33.0 Å². The van der Waals surface area contributed by atoms with Crippen LogP contribution in [0.5, 0.6) is 5.75 Å². The summed E-state index contributed by atoms with van der Waals surface area (Å²) in [5, 5.41) is 18.8. The first-order valence-electron chi connectivity index (χ1n) is 9.20. The zero-order chi connectivity index (χ0) is 19.3. The molecule has 142 valence electrons. The van der Waals surface area contributed by atoms with E-state index in [2.05, 4.69) is 38.8 Å². The number of para-hydroxylation sites is 1. The first-order chi connectivity index (χ1) is 13.8. The van der Waals surface area contributed by atoms with Crippen molar-refractivity contribution < 1.29 is 9.84 Å². The van der Waals surface area contributed by atoms with E-state index in [-0.39, 0.29) is 6.61 Å². The normalized spacial score (nSPS) is 10.9. The van der Waals surface area contributed by atoms with Crippen LogP contribution >= 0.6 is 0 Å². The summed E-state index contributed by atoms with van der Waals surface area (Å²) in [6, 6.07) is 20.1. The number of methoxy groups -OCH3 is 1. The van der Waals surface area contributed by atoms with Crippen LogP contribution in [-0.2, 0) is 6.54 Å². The fourth-order valence-electron chi connectivity index (χ4n) is 3.32. The molecule has 0 saturated heterocycles. The second kappa shape index (κ2) is 8.10. The molecule has 1 aromatic heterocycles. The van der Waals surface area contributed by atoms with Gasteiger partial charge in [-0.3, -0.25) is 0 Å². The van der Waals surface area contributed by atoms with Gasteiger partial charge in [0, 0.05) is 24.0 Å². The second-order valence-corrected chi connectivity index (χ2v) is 6.38. The zero-order valence-electron chi connectivity index (χ0n) is 15.6. The Kier molecular flexibility index (Phi) is 5.21. The van der Waals surface area contributed by atoms with Gasteiger partial charge in [0.05, 0.1) is 19.2 Å². The summed E-state index contributed by atoms with van der Waals surface area (Å²) in [6.45, 7) is 0.994. The van der Waals surface area contributed by atoms with E-state index in [0.29, 0.717) is 24.9 Å². The molecule has 0 aliphatic heterocycles. The number of hydrogen-bond donors (Lipinski definition) is 3. The van der Waals surface area contributed by atoms with Gasteiger partial charge in [-0.1, -0.05) is 42.5 Å². The number of nitrogens with zero attached hydrogens (tertiary/aromatic N) is 2. The first kappa shape index (κ1) is 18.0. The third-order valence-electron chi connectivity index (χ3n) is 4.65. The van der Waals surface area contributed by atoms with Crippen molar-refractivity contribution in [3.8, 4) is 5.75 Å². The van der Waals surface area contributed by atoms with E-state index >= 15 is 0 Å². The van der Waals surface area contributed by atoms with E-state index in [4.69, 9.17) is 9.84 Å². The van der Waals surface area contributed by atoms with Gasteiger partial charge in [-0.25, -0.2) is 4.98 Å². The molecule has 0 aliphatic carbocycles. The number of rotatable bonds is 7. The summed E-state index contributed by atoms with van der Waals surface area (Å²) in [5.74, 6) is 2.05. The summed E-state index contributed by atoms with van der Waals surface area (Å²) in [5.41, 5.74) is 1.90. The number of nitrogens with one attached hydrogen (secondary N) is 2. The summed E-state index contributed by atoms with van der Waals surface area (Å²) < 4.78 is 5.57. The molecule has 0 amide bonds. The summed E-state index contributed by atoms with van der Waals surface area (Å²) in [4.78, 5) is 9.23. The molecule has 0 fully saturated rings. The van der Waals surface area contributed by atoms with Crippen LogP contribution in [-0.4, -0.2) is 35.3 Å². The number of aliphatic hydroxyl groups excluding tert-OH is 1. The third kappa shape index (κ3) is 3.54. The minimum absolute atomic E-state index is 0.0360. The lowest BCUT2D eigenvalue weighted by Crippen LogP contribution is -2.11. The molecule has 3 aromatic carbocycles. The molecule has 0 bridgehead atoms. The van der Waals surface area contributed by atoms with Gasteiger partial charge >= 0.3 is 0 Å². The zero-order valence-corrected chi connectivity index (χ0v) is 15.6. The second-order valence-electron chi connectivity index (χ2n) is 6.38. The number of benzene rings is 3. The number of anilines is 2. The molecule has 6 nitrogen and oxygen atoms in total. The summed E-state index contributed by atoms with van der Waals surface area (Å²) in [7, 11) is 1.68. The molecule has 4 rings (SSSR count). The maximum Gasteiger partial charge on any atom is 0.225 e. The molecular formula is C22H22N4O2. The van der Waals surface area contributed by atoms with Crippen LogP contribution in [0.3, 0.4) is 0 Å². The van der Waals surface area contributed by atoms with Gasteiger partial charge in [-0.2, -0.15) is 4.98 Å². The average Bonchev–Trinajstić information content (AvgIpc) is 2.75. The van der Waals surface area contributed by atoms with Gasteiger partial charge in [0.25, 0.3) is 0 Å². The fourth-order valence-corrected chi connectivity index (χ4v) is 3.32. The number of aliphatic hydroxyl groups is 1. The van der Waals surface area contributed by atoms with E-state index in [9.17, 15) is 0 Å². The van der Waals surface area contributed by atoms with Crippen molar-refractivity contribution >= 4 is 33.4 Å². The summed E-state index contributed by atoms with van der Waals surface area (Å²) in [6.07, 6.45) is 0. The highest BCUT2D eigenvalue weighted by atomic mass is 16.5. The molecule has 0 aliphatic rings. The standard InChI is InChI=1S/C22H22N4O2/c1-28-20-11-10-15-6-2-3-7-16(15)18(20)14-24-22-25-19-9-5-4-8-17(19)21(26-22)23-12-13-27/h2-11,27H,12-14H2,1H3,(H2,23,24,25,26). The maximum absolute atomic E-state index is 9.14. The Morgan fingerprint density at radius 3 is 2.50 bits per heavy atom. The van der Waals surface area contributed by atoms with Crippen molar-refractivity contribution in [3.05, 3.63) is 66.2 Å². The van der Waals surface area contributed by atoms with Gasteiger partial charge in [-0.05, 0) is 29.0 Å². The number of hydrogen-bond acceptors (Lipinski definition) is 6. The molecule has 0 saturated carbocycles. The van der Waals surface area contributed by atoms with Gasteiger partial charge in [-0.15, -0.1) is 0 Å². The Morgan fingerprint density at radius 1 is 0.893 bits per heavy atom. The minimum atomic E-state index is 0.0360. The quantitative estimate of drug-likeness (QED) is 0.457. The summed E-state index contributed by atoms with van der Waals surface area (Å²) >= 11 is 0. The first-order valence-corrected chi connectivity index (χ1v) is 9.20. The highest BCUT2D eigenvalue weighted by Crippen LogP contribution is 2.29. The predicted molar refractivity (Wildman–Crippen MR) is 113 cm³/mol.